The third-order valence-electron chi connectivity index (χ3n) is 2.07. The summed E-state index contributed by atoms with van der Waals surface area (Å²) in [6.45, 7) is 3.42. The highest BCUT2D eigenvalue weighted by molar-refractivity contribution is 5.33. The third-order valence-corrected chi connectivity index (χ3v) is 2.07. The quantitative estimate of drug-likeness (QED) is 0.775. The smallest absolute Gasteiger partial charge is 0.124 e. The molecule has 1 atom stereocenters. The van der Waals surface area contributed by atoms with Crippen molar-refractivity contribution in [2.24, 2.45) is 0 Å². The molecule has 3 heteroatoms. The monoisotopic (exact) mass is 209 g/mol. The van der Waals surface area contributed by atoms with Crippen LogP contribution in [0.2, 0.25) is 0 Å². The Bertz CT molecular complexity index is 289. The molecular formula is C12H19NO2. The summed E-state index contributed by atoms with van der Waals surface area (Å²) in [6.07, 6.45) is 0.0769. The summed E-state index contributed by atoms with van der Waals surface area (Å²) in [4.78, 5) is 0. The number of methoxy groups -OCH3 is 1. The number of rotatable bonds is 6. The molecule has 0 radical (unpaired) electrons. The summed E-state index contributed by atoms with van der Waals surface area (Å²) < 4.78 is 10.8. The molecule has 0 heterocycles. The molecule has 1 rings (SSSR count). The Morgan fingerprint density at radius 2 is 2.07 bits per heavy atom. The van der Waals surface area contributed by atoms with Crippen LogP contribution in [-0.2, 0) is 11.3 Å². The Labute approximate surface area is 91.4 Å². The van der Waals surface area contributed by atoms with Gasteiger partial charge in [0.1, 0.15) is 11.9 Å². The van der Waals surface area contributed by atoms with Gasteiger partial charge < -0.3 is 14.8 Å². The second-order valence-corrected chi connectivity index (χ2v) is 3.52. The highest BCUT2D eigenvalue weighted by Gasteiger charge is 2.06. The van der Waals surface area contributed by atoms with Gasteiger partial charge in [0.15, 0.2) is 0 Å². The number of nitrogens with one attached hydrogen (secondary N) is 1. The predicted octanol–water partition coefficient (Wildman–Crippen LogP) is 1.82. The maximum Gasteiger partial charge on any atom is 0.124 e. The van der Waals surface area contributed by atoms with Crippen molar-refractivity contribution < 1.29 is 9.47 Å². The van der Waals surface area contributed by atoms with Crippen molar-refractivity contribution >= 4 is 0 Å². The van der Waals surface area contributed by atoms with Crippen molar-refractivity contribution in [3.8, 4) is 5.75 Å². The normalized spacial score (nSPS) is 12.5. The molecule has 1 aromatic rings. The molecule has 0 aromatic heterocycles. The van der Waals surface area contributed by atoms with E-state index in [1.807, 2.05) is 32.2 Å². The number of hydrogen-bond donors (Lipinski definition) is 1. The van der Waals surface area contributed by atoms with Crippen LogP contribution < -0.4 is 10.1 Å². The summed E-state index contributed by atoms with van der Waals surface area (Å²) in [5.41, 5.74) is 1.17. The lowest BCUT2D eigenvalue weighted by molar-refractivity contribution is 0.0913. The van der Waals surface area contributed by atoms with Gasteiger partial charge in [0, 0.05) is 19.2 Å². The number of benzene rings is 1. The van der Waals surface area contributed by atoms with E-state index in [1.165, 1.54) is 5.56 Å². The molecule has 1 aromatic carbocycles. The van der Waals surface area contributed by atoms with E-state index in [0.29, 0.717) is 6.61 Å². The number of hydrogen-bond acceptors (Lipinski definition) is 3. The maximum atomic E-state index is 5.77. The molecular weight excluding hydrogens is 190 g/mol. The van der Waals surface area contributed by atoms with Gasteiger partial charge in [0.2, 0.25) is 0 Å². The molecule has 84 valence electrons. The van der Waals surface area contributed by atoms with E-state index in [2.05, 4.69) is 11.4 Å². The molecule has 0 saturated heterocycles. The average Bonchev–Trinajstić information content (AvgIpc) is 2.21. The van der Waals surface area contributed by atoms with E-state index in [0.717, 1.165) is 12.3 Å². The summed E-state index contributed by atoms with van der Waals surface area (Å²) in [5, 5.41) is 3.12. The van der Waals surface area contributed by atoms with Gasteiger partial charge in [0.25, 0.3) is 0 Å². The van der Waals surface area contributed by atoms with Gasteiger partial charge in [-0.15, -0.1) is 0 Å². The number of ether oxygens (including phenoxy) is 2. The molecule has 0 aliphatic carbocycles. The van der Waals surface area contributed by atoms with Gasteiger partial charge in [-0.1, -0.05) is 18.2 Å². The van der Waals surface area contributed by atoms with Crippen LogP contribution in [0, 0.1) is 0 Å². The first kappa shape index (κ1) is 12.0. The standard InChI is InChI=1S/C12H19NO2/c1-10(9-14-3)15-12-7-5-4-6-11(12)8-13-2/h4-7,10,13H,8-9H2,1-3H3. The molecule has 3 nitrogen and oxygen atoms in total. The predicted molar refractivity (Wildman–Crippen MR) is 61.2 cm³/mol. The first-order valence-electron chi connectivity index (χ1n) is 5.16. The van der Waals surface area contributed by atoms with Gasteiger partial charge in [-0.05, 0) is 20.0 Å². The highest BCUT2D eigenvalue weighted by atomic mass is 16.5. The minimum atomic E-state index is 0.0769. The highest BCUT2D eigenvalue weighted by Crippen LogP contribution is 2.18. The summed E-state index contributed by atoms with van der Waals surface area (Å²) in [5.74, 6) is 0.927. The molecule has 15 heavy (non-hydrogen) atoms. The van der Waals surface area contributed by atoms with Crippen molar-refractivity contribution in [1.29, 1.82) is 0 Å². The van der Waals surface area contributed by atoms with Gasteiger partial charge in [-0.2, -0.15) is 0 Å². The van der Waals surface area contributed by atoms with Gasteiger partial charge in [0.05, 0.1) is 6.61 Å². The van der Waals surface area contributed by atoms with Crippen molar-refractivity contribution in [3.05, 3.63) is 29.8 Å². The fraction of sp³-hybridized carbons (Fsp3) is 0.500. The van der Waals surface area contributed by atoms with E-state index in [1.54, 1.807) is 7.11 Å². The zero-order valence-electron chi connectivity index (χ0n) is 9.62. The lowest BCUT2D eigenvalue weighted by Gasteiger charge is -2.16. The summed E-state index contributed by atoms with van der Waals surface area (Å²) in [7, 11) is 3.61. The maximum absolute atomic E-state index is 5.77. The van der Waals surface area contributed by atoms with E-state index >= 15 is 0 Å². The molecule has 0 fully saturated rings. The Kier molecular flexibility index (Phi) is 5.15. The summed E-state index contributed by atoms with van der Waals surface area (Å²) in [6, 6.07) is 8.04. The van der Waals surface area contributed by atoms with Crippen LogP contribution in [0.15, 0.2) is 24.3 Å². The van der Waals surface area contributed by atoms with Crippen LogP contribution in [0.3, 0.4) is 0 Å². The molecule has 0 aliphatic rings. The van der Waals surface area contributed by atoms with Crippen LogP contribution in [0.5, 0.6) is 5.75 Å². The molecule has 0 spiro atoms. The molecule has 1 unspecified atom stereocenters. The third kappa shape index (κ3) is 3.90. The second kappa shape index (κ2) is 6.43. The Morgan fingerprint density at radius 1 is 1.33 bits per heavy atom. The first-order chi connectivity index (χ1) is 7.27. The van der Waals surface area contributed by atoms with Gasteiger partial charge in [-0.25, -0.2) is 0 Å². The summed E-state index contributed by atoms with van der Waals surface area (Å²) >= 11 is 0. The van der Waals surface area contributed by atoms with Crippen molar-refractivity contribution in [2.45, 2.75) is 19.6 Å². The van der Waals surface area contributed by atoms with Crippen LogP contribution in [0.4, 0.5) is 0 Å². The van der Waals surface area contributed by atoms with Crippen LogP contribution >= 0.6 is 0 Å². The fourth-order valence-electron chi connectivity index (χ4n) is 1.44. The minimum absolute atomic E-state index is 0.0769. The largest absolute Gasteiger partial charge is 0.488 e. The van der Waals surface area contributed by atoms with Crippen LogP contribution in [0.1, 0.15) is 12.5 Å². The van der Waals surface area contributed by atoms with E-state index < -0.39 is 0 Å². The van der Waals surface area contributed by atoms with Crippen LogP contribution in [0.25, 0.3) is 0 Å². The SMILES string of the molecule is CNCc1ccccc1OC(C)COC. The molecule has 1 N–H and O–H groups in total. The molecule has 0 amide bonds. The van der Waals surface area contributed by atoms with Crippen molar-refractivity contribution in [1.82, 2.24) is 5.32 Å². The van der Waals surface area contributed by atoms with E-state index in [-0.39, 0.29) is 6.10 Å². The van der Waals surface area contributed by atoms with Gasteiger partial charge >= 0.3 is 0 Å². The van der Waals surface area contributed by atoms with Crippen LogP contribution in [-0.4, -0.2) is 26.9 Å². The zero-order chi connectivity index (χ0) is 11.1. The molecule has 0 bridgehead atoms. The minimum Gasteiger partial charge on any atom is -0.488 e. The average molecular weight is 209 g/mol. The van der Waals surface area contributed by atoms with Crippen molar-refractivity contribution in [2.75, 3.05) is 20.8 Å². The van der Waals surface area contributed by atoms with E-state index in [4.69, 9.17) is 9.47 Å². The fourth-order valence-corrected chi connectivity index (χ4v) is 1.44. The lowest BCUT2D eigenvalue weighted by Crippen LogP contribution is -2.19. The second-order valence-electron chi connectivity index (χ2n) is 3.52. The number of para-hydroxylation sites is 1. The molecule has 0 saturated carbocycles. The zero-order valence-corrected chi connectivity index (χ0v) is 9.62. The Hall–Kier alpha value is -1.06. The van der Waals surface area contributed by atoms with E-state index in [9.17, 15) is 0 Å². The van der Waals surface area contributed by atoms with Crippen molar-refractivity contribution in [3.63, 3.8) is 0 Å². The van der Waals surface area contributed by atoms with Gasteiger partial charge in [-0.3, -0.25) is 0 Å². The lowest BCUT2D eigenvalue weighted by atomic mass is 10.2. The topological polar surface area (TPSA) is 30.5 Å². The first-order valence-corrected chi connectivity index (χ1v) is 5.16. The Balaban J connectivity index is 2.66. The molecule has 0 aliphatic heterocycles. The Morgan fingerprint density at radius 3 is 2.73 bits per heavy atom.